The lowest BCUT2D eigenvalue weighted by atomic mass is 10.2. The molecule has 1 unspecified atom stereocenters. The van der Waals surface area contributed by atoms with Crippen LogP contribution >= 0.6 is 15.0 Å². The number of hydrogen-bond acceptors (Lipinski definition) is 4. The van der Waals surface area contributed by atoms with Crippen molar-refractivity contribution in [2.24, 2.45) is 27.8 Å². The Labute approximate surface area is 92.0 Å². The largest absolute Gasteiger partial charge is 0.305 e. The summed E-state index contributed by atoms with van der Waals surface area (Å²) in [7, 11) is -8.02. The maximum absolute atomic E-state index is 11.6. The van der Waals surface area contributed by atoms with Gasteiger partial charge >= 0.3 is 7.59 Å². The SMILES string of the molecule is NC1(P(N)(N)=O)C=CCC(=O)N1P(N)(N)=O. The van der Waals surface area contributed by atoms with Crippen LogP contribution in [-0.2, 0) is 13.9 Å². The summed E-state index contributed by atoms with van der Waals surface area (Å²) in [6.07, 6.45) is 2.33. The first-order chi connectivity index (χ1) is 7.00. The molecular formula is C5H14N6O3P2. The molecule has 0 spiro atoms. The van der Waals surface area contributed by atoms with Crippen LogP contribution < -0.4 is 27.8 Å². The number of amides is 1. The van der Waals surface area contributed by atoms with Crippen molar-refractivity contribution in [3.8, 4) is 0 Å². The normalized spacial score (nSPS) is 27.3. The summed E-state index contributed by atoms with van der Waals surface area (Å²) < 4.78 is 23.6. The molecule has 1 rings (SSSR count). The molecule has 0 aromatic rings. The molecule has 0 saturated heterocycles. The van der Waals surface area contributed by atoms with Gasteiger partial charge in [-0.05, 0) is 6.08 Å². The van der Waals surface area contributed by atoms with E-state index < -0.39 is 26.3 Å². The second-order valence-corrected chi connectivity index (χ2v) is 7.36. The number of hydrogen-bond donors (Lipinski definition) is 5. The van der Waals surface area contributed by atoms with E-state index in [1.54, 1.807) is 0 Å². The maximum atomic E-state index is 11.6. The number of nitrogens with zero attached hydrogens (tertiary/aromatic N) is 1. The standard InChI is InChI=1S/C5H14N6O3P2/c6-5(15(7,8)13)3-1-2-4(12)11(5)16(9,10)14/h1,3H,2,6H2,(H4,7,8,13)(H4,9,10,14). The lowest BCUT2D eigenvalue weighted by molar-refractivity contribution is -0.128. The Morgan fingerprint density at radius 2 is 1.75 bits per heavy atom. The van der Waals surface area contributed by atoms with Gasteiger partial charge in [-0.25, -0.2) is 4.67 Å². The molecule has 0 aromatic carbocycles. The average molecular weight is 268 g/mol. The number of carbonyl (C=O) groups is 1. The van der Waals surface area contributed by atoms with E-state index in [9.17, 15) is 13.9 Å². The summed E-state index contributed by atoms with van der Waals surface area (Å²) in [4.78, 5) is 11.5. The molecule has 9 nitrogen and oxygen atoms in total. The molecule has 11 heteroatoms. The van der Waals surface area contributed by atoms with Crippen molar-refractivity contribution >= 4 is 20.9 Å². The maximum Gasteiger partial charge on any atom is 0.305 e. The first kappa shape index (κ1) is 13.5. The van der Waals surface area contributed by atoms with Gasteiger partial charge in [-0.1, -0.05) is 6.08 Å². The van der Waals surface area contributed by atoms with E-state index in [2.05, 4.69) is 0 Å². The molecule has 0 saturated carbocycles. The van der Waals surface area contributed by atoms with Crippen LogP contribution in [0.2, 0.25) is 0 Å². The van der Waals surface area contributed by atoms with Gasteiger partial charge in [0.15, 0.2) is 5.40 Å². The number of carbonyl (C=O) groups excluding carboxylic acids is 1. The summed E-state index contributed by atoms with van der Waals surface area (Å²) in [5.74, 6) is -0.741. The number of rotatable bonds is 2. The molecule has 0 fully saturated rings. The van der Waals surface area contributed by atoms with Gasteiger partial charge in [-0.3, -0.25) is 41.7 Å². The smallest absolute Gasteiger partial charge is 0.296 e. The van der Waals surface area contributed by atoms with E-state index in [1.165, 1.54) is 6.08 Å². The molecule has 0 bridgehead atoms. The van der Waals surface area contributed by atoms with Gasteiger partial charge < -0.3 is 0 Å². The van der Waals surface area contributed by atoms with Crippen molar-refractivity contribution < 1.29 is 13.9 Å². The van der Waals surface area contributed by atoms with Crippen LogP contribution in [0, 0.1) is 0 Å². The van der Waals surface area contributed by atoms with E-state index in [0.29, 0.717) is 4.67 Å². The Morgan fingerprint density at radius 1 is 1.25 bits per heavy atom. The highest BCUT2D eigenvalue weighted by molar-refractivity contribution is 7.63. The highest BCUT2D eigenvalue weighted by Crippen LogP contribution is 2.53. The van der Waals surface area contributed by atoms with E-state index in [4.69, 9.17) is 27.8 Å². The van der Waals surface area contributed by atoms with Crippen molar-refractivity contribution in [1.29, 1.82) is 0 Å². The summed E-state index contributed by atoms with van der Waals surface area (Å²) >= 11 is 0. The Balaban J connectivity index is 3.42. The Bertz CT molecular complexity index is 437. The van der Waals surface area contributed by atoms with Crippen LogP contribution in [0.5, 0.6) is 0 Å². The average Bonchev–Trinajstić information content (AvgIpc) is 1.98. The van der Waals surface area contributed by atoms with Crippen LogP contribution in [0.4, 0.5) is 0 Å². The van der Waals surface area contributed by atoms with Gasteiger partial charge in [0.05, 0.1) is 0 Å². The monoisotopic (exact) mass is 268 g/mol. The van der Waals surface area contributed by atoms with Gasteiger partial charge in [0, 0.05) is 6.42 Å². The fourth-order valence-corrected chi connectivity index (χ4v) is 3.96. The minimum atomic E-state index is -4.04. The second-order valence-electron chi connectivity index (χ2n) is 3.48. The van der Waals surface area contributed by atoms with Gasteiger partial charge in [-0.2, -0.15) is 0 Å². The van der Waals surface area contributed by atoms with Gasteiger partial charge in [0.1, 0.15) is 0 Å². The number of nitrogens with two attached hydrogens (primary N) is 5. The minimum Gasteiger partial charge on any atom is -0.296 e. The predicted molar refractivity (Wildman–Crippen MR) is 59.5 cm³/mol. The minimum absolute atomic E-state index is 0.114. The third kappa shape index (κ3) is 2.11. The van der Waals surface area contributed by atoms with Gasteiger partial charge in [-0.15, -0.1) is 0 Å². The Hall–Kier alpha value is -0.530. The molecule has 1 aliphatic rings. The molecule has 10 N–H and O–H groups in total. The summed E-state index contributed by atoms with van der Waals surface area (Å²) in [5.41, 5.74) is 26.4. The lowest BCUT2D eigenvalue weighted by Gasteiger charge is -2.43. The molecule has 16 heavy (non-hydrogen) atoms. The third-order valence-corrected chi connectivity index (χ3v) is 4.91. The summed E-state index contributed by atoms with van der Waals surface area (Å²) in [6.45, 7) is 0. The third-order valence-electron chi connectivity index (χ3n) is 2.10. The van der Waals surface area contributed by atoms with Gasteiger partial charge in [0.2, 0.25) is 13.4 Å². The zero-order chi connectivity index (χ0) is 12.8. The highest BCUT2D eigenvalue weighted by atomic mass is 31.2. The molecule has 1 heterocycles. The lowest BCUT2D eigenvalue weighted by Crippen LogP contribution is -2.60. The fourth-order valence-electron chi connectivity index (χ4n) is 1.38. The quantitative estimate of drug-likeness (QED) is 0.296. The fraction of sp³-hybridized carbons (Fsp3) is 0.400. The topological polar surface area (TPSA) is 185 Å². The van der Waals surface area contributed by atoms with Crippen molar-refractivity contribution in [3.63, 3.8) is 0 Å². The van der Waals surface area contributed by atoms with Crippen molar-refractivity contribution in [2.75, 3.05) is 0 Å². The van der Waals surface area contributed by atoms with Crippen LogP contribution in [-0.4, -0.2) is 16.0 Å². The van der Waals surface area contributed by atoms with Crippen molar-refractivity contribution in [3.05, 3.63) is 12.2 Å². The molecule has 1 amide bonds. The summed E-state index contributed by atoms with van der Waals surface area (Å²) in [6, 6.07) is 0. The molecular weight excluding hydrogens is 254 g/mol. The molecule has 1 atom stereocenters. The van der Waals surface area contributed by atoms with E-state index in [0.717, 1.165) is 6.08 Å². The molecule has 0 radical (unpaired) electrons. The highest BCUT2D eigenvalue weighted by Gasteiger charge is 2.52. The first-order valence-corrected chi connectivity index (χ1v) is 7.79. The van der Waals surface area contributed by atoms with Crippen molar-refractivity contribution in [1.82, 2.24) is 4.67 Å². The summed E-state index contributed by atoms with van der Waals surface area (Å²) in [5, 5.41) is -2.11. The first-order valence-electron chi connectivity index (χ1n) is 4.15. The zero-order valence-electron chi connectivity index (χ0n) is 8.31. The predicted octanol–water partition coefficient (Wildman–Crippen LogP) is -1.48. The Morgan fingerprint density at radius 3 is 2.06 bits per heavy atom. The molecule has 92 valence electrons. The van der Waals surface area contributed by atoms with Crippen LogP contribution in [0.15, 0.2) is 12.2 Å². The van der Waals surface area contributed by atoms with Gasteiger partial charge in [0.25, 0.3) is 0 Å². The van der Waals surface area contributed by atoms with E-state index >= 15 is 0 Å². The van der Waals surface area contributed by atoms with Crippen molar-refractivity contribution in [2.45, 2.75) is 11.8 Å². The van der Waals surface area contributed by atoms with E-state index in [1.807, 2.05) is 0 Å². The van der Waals surface area contributed by atoms with Crippen LogP contribution in [0.3, 0.4) is 0 Å². The molecule has 0 aliphatic carbocycles. The molecule has 0 aromatic heterocycles. The van der Waals surface area contributed by atoms with Crippen LogP contribution in [0.1, 0.15) is 6.42 Å². The van der Waals surface area contributed by atoms with E-state index in [-0.39, 0.29) is 6.42 Å². The van der Waals surface area contributed by atoms with Crippen LogP contribution in [0.25, 0.3) is 0 Å². The molecule has 1 aliphatic heterocycles. The Kier molecular flexibility index (Phi) is 3.17. The second kappa shape index (κ2) is 3.75. The zero-order valence-corrected chi connectivity index (χ0v) is 10.1.